The van der Waals surface area contributed by atoms with Gasteiger partial charge >= 0.3 is 0 Å². The van der Waals surface area contributed by atoms with Crippen molar-refractivity contribution in [3.05, 3.63) is 46.7 Å². The number of aromatic nitrogens is 1. The lowest BCUT2D eigenvalue weighted by atomic mass is 10.3. The predicted molar refractivity (Wildman–Crippen MR) is 124 cm³/mol. The van der Waals surface area contributed by atoms with Crippen molar-refractivity contribution >= 4 is 50.0 Å². The predicted octanol–water partition coefficient (Wildman–Crippen LogP) is 4.14. The van der Waals surface area contributed by atoms with Crippen LogP contribution in [0.4, 0.5) is 5.13 Å². The van der Waals surface area contributed by atoms with Gasteiger partial charge in [0, 0.05) is 37.1 Å². The highest BCUT2D eigenvalue weighted by Crippen LogP contribution is 2.32. The van der Waals surface area contributed by atoms with Gasteiger partial charge in [0.1, 0.15) is 5.75 Å². The minimum atomic E-state index is -0.0450. The number of carbonyl (C=O) groups is 1. The number of methoxy groups -OCH3 is 1. The average Bonchev–Trinajstić information content (AvgIpc) is 3.44. The van der Waals surface area contributed by atoms with Gasteiger partial charge in [-0.3, -0.25) is 14.6 Å². The summed E-state index contributed by atoms with van der Waals surface area (Å²) >= 11 is 3.14. The maximum Gasteiger partial charge on any atom is 0.252 e. The minimum absolute atomic E-state index is 0.0450. The lowest BCUT2D eigenvalue weighted by molar-refractivity contribution is -0.114. The van der Waals surface area contributed by atoms with Gasteiger partial charge < -0.3 is 9.47 Å². The standard InChI is InChI=1S/C22H25N3O3S2/c1-27-17-5-7-19-20(16-17)30-22(23-19)25(10-3-9-24-11-13-28-14-12-24)21(26)8-6-18-4-2-15-29-18/h2,4-8,15-16H,3,9-14H2,1H3. The van der Waals surface area contributed by atoms with Crippen molar-refractivity contribution in [2.75, 3.05) is 51.4 Å². The molecule has 0 bridgehead atoms. The number of thiophene rings is 1. The van der Waals surface area contributed by atoms with Gasteiger partial charge in [0.25, 0.3) is 5.91 Å². The second-order valence-corrected chi connectivity index (χ2v) is 8.96. The van der Waals surface area contributed by atoms with Crippen LogP contribution in [0.2, 0.25) is 0 Å². The largest absolute Gasteiger partial charge is 0.497 e. The topological polar surface area (TPSA) is 54.9 Å². The number of morpholine rings is 1. The molecule has 1 fully saturated rings. The third-order valence-electron chi connectivity index (χ3n) is 4.97. The van der Waals surface area contributed by atoms with E-state index in [0.717, 1.165) is 65.2 Å². The number of benzene rings is 1. The minimum Gasteiger partial charge on any atom is -0.497 e. The van der Waals surface area contributed by atoms with E-state index in [1.165, 1.54) is 11.3 Å². The highest BCUT2D eigenvalue weighted by Gasteiger charge is 2.19. The monoisotopic (exact) mass is 443 g/mol. The Morgan fingerprint density at radius 3 is 2.97 bits per heavy atom. The van der Waals surface area contributed by atoms with Crippen molar-refractivity contribution in [3.63, 3.8) is 0 Å². The fourth-order valence-electron chi connectivity index (χ4n) is 3.34. The SMILES string of the molecule is COc1ccc2nc(N(CCCN3CCOCC3)C(=O)C=Cc3cccs3)sc2c1. The number of hydrogen-bond acceptors (Lipinski definition) is 7. The molecule has 0 radical (unpaired) electrons. The number of hydrogen-bond donors (Lipinski definition) is 0. The lowest BCUT2D eigenvalue weighted by Gasteiger charge is -2.27. The van der Waals surface area contributed by atoms with Crippen molar-refractivity contribution in [2.45, 2.75) is 6.42 Å². The second-order valence-electron chi connectivity index (χ2n) is 6.98. The summed E-state index contributed by atoms with van der Waals surface area (Å²) in [7, 11) is 1.65. The quantitative estimate of drug-likeness (QED) is 0.490. The van der Waals surface area contributed by atoms with E-state index in [1.807, 2.05) is 41.8 Å². The summed E-state index contributed by atoms with van der Waals surface area (Å²) < 4.78 is 11.8. The summed E-state index contributed by atoms with van der Waals surface area (Å²) in [6, 6.07) is 9.78. The summed E-state index contributed by atoms with van der Waals surface area (Å²) in [5, 5.41) is 2.73. The molecule has 8 heteroatoms. The molecule has 0 aliphatic carbocycles. The third kappa shape index (κ3) is 5.26. The van der Waals surface area contributed by atoms with Gasteiger partial charge in [-0.2, -0.15) is 0 Å². The molecule has 1 aliphatic heterocycles. The van der Waals surface area contributed by atoms with Gasteiger partial charge in [0.15, 0.2) is 5.13 Å². The number of amides is 1. The van der Waals surface area contributed by atoms with E-state index in [-0.39, 0.29) is 5.91 Å². The number of thiazole rings is 1. The number of ether oxygens (including phenoxy) is 2. The first-order valence-corrected chi connectivity index (χ1v) is 11.7. The molecular weight excluding hydrogens is 418 g/mol. The molecule has 0 spiro atoms. The molecule has 0 unspecified atom stereocenters. The van der Waals surface area contributed by atoms with Crippen LogP contribution < -0.4 is 9.64 Å². The molecule has 0 N–H and O–H groups in total. The van der Waals surface area contributed by atoms with Crippen molar-refractivity contribution in [1.82, 2.24) is 9.88 Å². The summed E-state index contributed by atoms with van der Waals surface area (Å²) in [6.07, 6.45) is 4.41. The van der Waals surface area contributed by atoms with Gasteiger partial charge in [-0.05, 0) is 42.1 Å². The fraction of sp³-hybridized carbons (Fsp3) is 0.364. The molecule has 30 heavy (non-hydrogen) atoms. The molecule has 1 aromatic carbocycles. The average molecular weight is 444 g/mol. The normalized spacial score (nSPS) is 15.1. The van der Waals surface area contributed by atoms with E-state index >= 15 is 0 Å². The molecule has 1 aliphatic rings. The van der Waals surface area contributed by atoms with E-state index in [2.05, 4.69) is 4.90 Å². The third-order valence-corrected chi connectivity index (χ3v) is 6.85. The Morgan fingerprint density at radius 1 is 1.33 bits per heavy atom. The first-order valence-electron chi connectivity index (χ1n) is 10.0. The molecule has 1 saturated heterocycles. The molecule has 0 saturated carbocycles. The Balaban J connectivity index is 1.51. The highest BCUT2D eigenvalue weighted by atomic mass is 32.1. The molecule has 2 aromatic heterocycles. The second kappa shape index (κ2) is 10.2. The zero-order chi connectivity index (χ0) is 20.8. The van der Waals surface area contributed by atoms with Crippen molar-refractivity contribution in [3.8, 4) is 5.75 Å². The Kier molecular flexibility index (Phi) is 7.11. The first kappa shape index (κ1) is 21.0. The van der Waals surface area contributed by atoms with Crippen LogP contribution in [-0.4, -0.2) is 62.3 Å². The van der Waals surface area contributed by atoms with Crippen LogP contribution in [0.1, 0.15) is 11.3 Å². The molecule has 3 aromatic rings. The number of nitrogens with zero attached hydrogens (tertiary/aromatic N) is 3. The van der Waals surface area contributed by atoms with Crippen LogP contribution in [0.15, 0.2) is 41.8 Å². The van der Waals surface area contributed by atoms with Crippen molar-refractivity contribution in [2.24, 2.45) is 0 Å². The summed E-state index contributed by atoms with van der Waals surface area (Å²) in [5.41, 5.74) is 0.879. The van der Waals surface area contributed by atoms with Crippen LogP contribution in [-0.2, 0) is 9.53 Å². The van der Waals surface area contributed by atoms with Crippen LogP contribution in [0.3, 0.4) is 0 Å². The van der Waals surface area contributed by atoms with Crippen molar-refractivity contribution < 1.29 is 14.3 Å². The first-order chi connectivity index (χ1) is 14.7. The maximum atomic E-state index is 13.1. The molecule has 158 valence electrons. The Morgan fingerprint density at radius 2 is 2.20 bits per heavy atom. The Labute approximate surface area is 184 Å². The smallest absolute Gasteiger partial charge is 0.252 e. The lowest BCUT2D eigenvalue weighted by Crippen LogP contribution is -2.39. The fourth-order valence-corrected chi connectivity index (χ4v) is 4.99. The Bertz CT molecular complexity index is 994. The molecule has 6 nitrogen and oxygen atoms in total. The van der Waals surface area contributed by atoms with E-state index in [9.17, 15) is 4.79 Å². The highest BCUT2D eigenvalue weighted by molar-refractivity contribution is 7.22. The van der Waals surface area contributed by atoms with Crippen LogP contribution in [0.25, 0.3) is 16.3 Å². The molecular formula is C22H25N3O3S2. The van der Waals surface area contributed by atoms with Crippen LogP contribution in [0.5, 0.6) is 5.75 Å². The van der Waals surface area contributed by atoms with Crippen molar-refractivity contribution in [1.29, 1.82) is 0 Å². The summed E-state index contributed by atoms with van der Waals surface area (Å²) in [4.78, 5) is 23.0. The van der Waals surface area contributed by atoms with Gasteiger partial charge in [-0.1, -0.05) is 17.4 Å². The zero-order valence-corrected chi connectivity index (χ0v) is 18.6. The zero-order valence-electron chi connectivity index (χ0n) is 17.0. The molecule has 4 rings (SSSR count). The molecule has 3 heterocycles. The number of anilines is 1. The van der Waals surface area contributed by atoms with Gasteiger partial charge in [-0.15, -0.1) is 11.3 Å². The van der Waals surface area contributed by atoms with Gasteiger partial charge in [0.05, 0.1) is 30.5 Å². The summed E-state index contributed by atoms with van der Waals surface area (Å²) in [6.45, 7) is 5.04. The van der Waals surface area contributed by atoms with Gasteiger partial charge in [0.2, 0.25) is 0 Å². The van der Waals surface area contributed by atoms with E-state index < -0.39 is 0 Å². The Hall–Kier alpha value is -2.26. The molecule has 1 amide bonds. The van der Waals surface area contributed by atoms with Gasteiger partial charge in [-0.25, -0.2) is 4.98 Å². The van der Waals surface area contributed by atoms with E-state index in [0.29, 0.717) is 6.54 Å². The van der Waals surface area contributed by atoms with Crippen LogP contribution in [0, 0.1) is 0 Å². The maximum absolute atomic E-state index is 13.1. The number of fused-ring (bicyclic) bond motifs is 1. The summed E-state index contributed by atoms with van der Waals surface area (Å²) in [5.74, 6) is 0.747. The van der Waals surface area contributed by atoms with Crippen LogP contribution >= 0.6 is 22.7 Å². The number of rotatable bonds is 8. The van der Waals surface area contributed by atoms with E-state index in [1.54, 1.807) is 29.4 Å². The van der Waals surface area contributed by atoms with E-state index in [4.69, 9.17) is 14.5 Å². The number of carbonyl (C=O) groups excluding carboxylic acids is 1. The molecule has 0 atom stereocenters.